The molecular weight excluding hydrogens is 476 g/mol. The van der Waals surface area contributed by atoms with Crippen molar-refractivity contribution in [2.45, 2.75) is 39.3 Å². The number of amides is 2. The lowest BCUT2D eigenvalue weighted by atomic mass is 10.0. The molecule has 0 radical (unpaired) electrons. The number of fused-ring (bicyclic) bond motifs is 2. The van der Waals surface area contributed by atoms with Crippen LogP contribution in [0.25, 0.3) is 16.9 Å². The quantitative estimate of drug-likeness (QED) is 0.342. The fourth-order valence-electron chi connectivity index (χ4n) is 5.74. The summed E-state index contributed by atoms with van der Waals surface area (Å²) >= 11 is 0. The largest absolute Gasteiger partial charge is 0.352 e. The summed E-state index contributed by atoms with van der Waals surface area (Å²) in [5.74, 6) is -0.0436. The molecule has 3 N–H and O–H groups in total. The third kappa shape index (κ3) is 4.41. The topological polar surface area (TPSA) is 90.8 Å². The number of pyridine rings is 1. The van der Waals surface area contributed by atoms with E-state index in [0.29, 0.717) is 24.7 Å². The van der Waals surface area contributed by atoms with Crippen LogP contribution in [-0.2, 0) is 6.54 Å². The Morgan fingerprint density at radius 1 is 1.16 bits per heavy atom. The van der Waals surface area contributed by atoms with Crippen molar-refractivity contribution in [1.29, 1.82) is 0 Å². The monoisotopic (exact) mass is 508 g/mol. The molecule has 2 aromatic carbocycles. The summed E-state index contributed by atoms with van der Waals surface area (Å²) in [5.41, 5.74) is 7.95. The van der Waals surface area contributed by atoms with Gasteiger partial charge in [0.05, 0.1) is 11.4 Å². The predicted octanol–water partition coefficient (Wildman–Crippen LogP) is 4.51. The molecule has 4 heterocycles. The van der Waals surface area contributed by atoms with Gasteiger partial charge < -0.3 is 16.0 Å². The second kappa shape index (κ2) is 9.95. The first-order valence-corrected chi connectivity index (χ1v) is 13.3. The highest BCUT2D eigenvalue weighted by Crippen LogP contribution is 2.30. The SMILES string of the molecule is CCN1CCCC1CNC(=O)c1ccc(Nc2ccc(-c3ccc4c(c3)CNC4=O)n3ccnc23)cc1C. The fourth-order valence-corrected chi connectivity index (χ4v) is 5.74. The van der Waals surface area contributed by atoms with E-state index < -0.39 is 0 Å². The van der Waals surface area contributed by atoms with Crippen molar-refractivity contribution >= 4 is 28.8 Å². The third-order valence-corrected chi connectivity index (χ3v) is 7.79. The minimum Gasteiger partial charge on any atom is -0.352 e. The van der Waals surface area contributed by atoms with E-state index in [4.69, 9.17) is 0 Å². The van der Waals surface area contributed by atoms with Gasteiger partial charge in [0.25, 0.3) is 11.8 Å². The summed E-state index contributed by atoms with van der Waals surface area (Å²) in [6.45, 7) is 7.53. The molecule has 1 saturated heterocycles. The van der Waals surface area contributed by atoms with E-state index in [2.05, 4.69) is 44.9 Å². The number of likely N-dealkylation sites (N-methyl/N-ethyl adjacent to an activating group) is 1. The summed E-state index contributed by atoms with van der Waals surface area (Å²) < 4.78 is 2.05. The Labute approximate surface area is 222 Å². The van der Waals surface area contributed by atoms with Crippen LogP contribution < -0.4 is 16.0 Å². The molecule has 1 atom stereocenters. The molecule has 8 heteroatoms. The lowest BCUT2D eigenvalue weighted by molar-refractivity contribution is 0.0938. The highest BCUT2D eigenvalue weighted by molar-refractivity contribution is 5.99. The molecule has 2 aliphatic heterocycles. The first kappa shape index (κ1) is 24.2. The number of carbonyl (C=O) groups is 2. The minimum atomic E-state index is -0.0248. The Kier molecular flexibility index (Phi) is 6.33. The number of carbonyl (C=O) groups excluding carboxylic acids is 2. The van der Waals surface area contributed by atoms with E-state index in [0.717, 1.165) is 64.5 Å². The molecule has 4 aromatic rings. The van der Waals surface area contributed by atoms with Gasteiger partial charge in [-0.05, 0) is 92.0 Å². The summed E-state index contributed by atoms with van der Waals surface area (Å²) in [6, 6.07) is 16.3. The van der Waals surface area contributed by atoms with Crippen molar-refractivity contribution in [3.05, 3.63) is 83.2 Å². The molecule has 2 aromatic heterocycles. The van der Waals surface area contributed by atoms with Gasteiger partial charge in [0.2, 0.25) is 0 Å². The Bertz CT molecular complexity index is 1540. The average Bonchev–Trinajstić information content (AvgIpc) is 3.67. The van der Waals surface area contributed by atoms with Gasteiger partial charge in [0.1, 0.15) is 0 Å². The molecule has 0 saturated carbocycles. The van der Waals surface area contributed by atoms with Crippen molar-refractivity contribution in [2.24, 2.45) is 0 Å². The van der Waals surface area contributed by atoms with Crippen LogP contribution in [-0.4, -0.2) is 51.8 Å². The summed E-state index contributed by atoms with van der Waals surface area (Å²) in [7, 11) is 0. The maximum Gasteiger partial charge on any atom is 0.251 e. The Morgan fingerprint density at radius 3 is 2.89 bits per heavy atom. The van der Waals surface area contributed by atoms with Crippen LogP contribution in [0.2, 0.25) is 0 Å². The van der Waals surface area contributed by atoms with Crippen molar-refractivity contribution in [3.8, 4) is 11.3 Å². The molecule has 194 valence electrons. The lowest BCUT2D eigenvalue weighted by Crippen LogP contribution is -2.40. The molecule has 8 nitrogen and oxygen atoms in total. The molecular formula is C30H32N6O2. The molecule has 0 bridgehead atoms. The highest BCUT2D eigenvalue weighted by Gasteiger charge is 2.24. The number of rotatable bonds is 7. The molecule has 38 heavy (non-hydrogen) atoms. The second-order valence-corrected chi connectivity index (χ2v) is 10.1. The van der Waals surface area contributed by atoms with Gasteiger partial charge in [0, 0.05) is 48.3 Å². The number of benzene rings is 2. The molecule has 1 unspecified atom stereocenters. The third-order valence-electron chi connectivity index (χ3n) is 7.79. The number of anilines is 2. The molecule has 2 aliphatic rings. The summed E-state index contributed by atoms with van der Waals surface area (Å²) in [6.07, 6.45) is 6.06. The van der Waals surface area contributed by atoms with E-state index in [1.807, 2.05) is 53.9 Å². The maximum absolute atomic E-state index is 12.9. The van der Waals surface area contributed by atoms with Crippen molar-refractivity contribution < 1.29 is 9.59 Å². The number of hydrogen-bond acceptors (Lipinski definition) is 5. The Morgan fingerprint density at radius 2 is 2.05 bits per heavy atom. The van der Waals surface area contributed by atoms with Crippen LogP contribution in [0.1, 0.15) is 51.6 Å². The molecule has 6 rings (SSSR count). The molecule has 2 amide bonds. The van der Waals surface area contributed by atoms with Gasteiger partial charge >= 0.3 is 0 Å². The van der Waals surface area contributed by atoms with Gasteiger partial charge in [0.15, 0.2) is 5.65 Å². The van der Waals surface area contributed by atoms with Gasteiger partial charge in [-0.3, -0.25) is 18.9 Å². The minimum absolute atomic E-state index is 0.0189. The number of imidazole rings is 1. The maximum atomic E-state index is 12.9. The van der Waals surface area contributed by atoms with E-state index >= 15 is 0 Å². The zero-order valence-corrected chi connectivity index (χ0v) is 21.8. The van der Waals surface area contributed by atoms with E-state index in [-0.39, 0.29) is 11.8 Å². The number of likely N-dealkylation sites (tertiary alicyclic amines) is 1. The lowest BCUT2D eigenvalue weighted by Gasteiger charge is -2.23. The average molecular weight is 509 g/mol. The normalized spacial score (nSPS) is 17.0. The van der Waals surface area contributed by atoms with Crippen LogP contribution in [0.3, 0.4) is 0 Å². The zero-order valence-electron chi connectivity index (χ0n) is 21.8. The number of hydrogen-bond donors (Lipinski definition) is 3. The van der Waals surface area contributed by atoms with Crippen molar-refractivity contribution in [3.63, 3.8) is 0 Å². The van der Waals surface area contributed by atoms with Crippen molar-refractivity contribution in [1.82, 2.24) is 24.9 Å². The van der Waals surface area contributed by atoms with E-state index in [9.17, 15) is 9.59 Å². The Balaban J connectivity index is 1.20. The zero-order chi connectivity index (χ0) is 26.2. The first-order chi connectivity index (χ1) is 18.5. The number of aromatic nitrogens is 2. The fraction of sp³-hybridized carbons (Fsp3) is 0.300. The van der Waals surface area contributed by atoms with Gasteiger partial charge in [-0.15, -0.1) is 0 Å². The van der Waals surface area contributed by atoms with Crippen LogP contribution >= 0.6 is 0 Å². The number of nitrogens with zero attached hydrogens (tertiary/aromatic N) is 3. The van der Waals surface area contributed by atoms with Gasteiger partial charge in [-0.2, -0.15) is 0 Å². The van der Waals surface area contributed by atoms with Crippen LogP contribution in [0.5, 0.6) is 0 Å². The number of nitrogens with one attached hydrogen (secondary N) is 3. The summed E-state index contributed by atoms with van der Waals surface area (Å²) in [4.78, 5) is 31.9. The first-order valence-electron chi connectivity index (χ1n) is 13.3. The summed E-state index contributed by atoms with van der Waals surface area (Å²) in [5, 5.41) is 9.49. The van der Waals surface area contributed by atoms with Crippen LogP contribution in [0.15, 0.2) is 60.9 Å². The second-order valence-electron chi connectivity index (χ2n) is 10.1. The van der Waals surface area contributed by atoms with E-state index in [1.165, 1.54) is 6.42 Å². The highest BCUT2D eigenvalue weighted by atomic mass is 16.2. The molecule has 0 spiro atoms. The molecule has 1 fully saturated rings. The van der Waals surface area contributed by atoms with Gasteiger partial charge in [-0.25, -0.2) is 4.98 Å². The number of aryl methyl sites for hydroxylation is 1. The Hall–Kier alpha value is -4.17. The van der Waals surface area contributed by atoms with Crippen LogP contribution in [0, 0.1) is 6.92 Å². The van der Waals surface area contributed by atoms with Gasteiger partial charge in [-0.1, -0.05) is 13.0 Å². The standard InChI is InChI=1S/C30H32N6O2/c1-3-35-13-4-5-23(35)18-33-29(37)24-9-7-22(15-19(24)2)34-26-10-11-27(36-14-12-31-28(26)36)20-6-8-25-21(16-20)17-32-30(25)38/h6-12,14-16,23,34H,3-5,13,17-18H2,1-2H3,(H,32,38)(H,33,37). The molecule has 0 aliphatic carbocycles. The predicted molar refractivity (Wildman–Crippen MR) is 149 cm³/mol. The van der Waals surface area contributed by atoms with E-state index in [1.54, 1.807) is 6.20 Å². The smallest absolute Gasteiger partial charge is 0.251 e. The van der Waals surface area contributed by atoms with Crippen molar-refractivity contribution in [2.75, 3.05) is 25.0 Å². The van der Waals surface area contributed by atoms with Crippen LogP contribution in [0.4, 0.5) is 11.4 Å².